The molecule has 0 radical (unpaired) electrons. The number of amides is 1. The summed E-state index contributed by atoms with van der Waals surface area (Å²) >= 11 is 9.07. The van der Waals surface area contributed by atoms with Crippen LogP contribution in [-0.4, -0.2) is 24.3 Å². The molecule has 4 nitrogen and oxygen atoms in total. The Morgan fingerprint density at radius 3 is 2.76 bits per heavy atom. The average molecular weight is 321 g/mol. The van der Waals surface area contributed by atoms with Crippen LogP contribution in [-0.2, 0) is 9.53 Å². The minimum Gasteiger partial charge on any atom is -0.465 e. The second kappa shape index (κ2) is 6.61. The fourth-order valence-electron chi connectivity index (χ4n) is 1.16. The van der Waals surface area contributed by atoms with Gasteiger partial charge < -0.3 is 10.1 Å². The Morgan fingerprint density at radius 2 is 2.18 bits per heavy atom. The van der Waals surface area contributed by atoms with Crippen LogP contribution in [0.4, 0.5) is 5.69 Å². The number of alkyl halides is 1. The molecule has 0 spiro atoms. The third kappa shape index (κ3) is 4.02. The van der Waals surface area contributed by atoms with Gasteiger partial charge in [0.25, 0.3) is 0 Å². The molecule has 6 heteroatoms. The first-order valence-electron chi connectivity index (χ1n) is 4.82. The lowest BCUT2D eigenvalue weighted by Crippen LogP contribution is -2.12. The Labute approximate surface area is 112 Å². The van der Waals surface area contributed by atoms with Crippen molar-refractivity contribution in [1.82, 2.24) is 0 Å². The lowest BCUT2D eigenvalue weighted by Gasteiger charge is -2.08. The van der Waals surface area contributed by atoms with Crippen LogP contribution in [0.25, 0.3) is 0 Å². The normalized spacial score (nSPS) is 9.82. The number of esters is 1. The maximum atomic E-state index is 11.4. The Morgan fingerprint density at radius 1 is 1.47 bits per heavy atom. The quantitative estimate of drug-likeness (QED) is 0.685. The molecule has 0 aliphatic heterocycles. The summed E-state index contributed by atoms with van der Waals surface area (Å²) in [6, 6.07) is 4.56. The number of carbonyl (C=O) groups excluding carboxylic acids is 2. The fourth-order valence-corrected chi connectivity index (χ4v) is 1.69. The maximum absolute atomic E-state index is 11.4. The van der Waals surface area contributed by atoms with E-state index in [9.17, 15) is 9.59 Å². The van der Waals surface area contributed by atoms with Crippen LogP contribution < -0.4 is 5.32 Å². The predicted octanol–water partition coefficient (Wildman–Crippen LogP) is 2.85. The molecule has 0 heterocycles. The van der Waals surface area contributed by atoms with Gasteiger partial charge in [-0.05, 0) is 18.2 Å². The molecular formula is C11H11BrClNO3. The Balaban J connectivity index is 2.90. The molecule has 1 amide bonds. The van der Waals surface area contributed by atoms with Gasteiger partial charge in [0, 0.05) is 11.8 Å². The van der Waals surface area contributed by atoms with Gasteiger partial charge in [-0.25, -0.2) is 4.79 Å². The average Bonchev–Trinajstić information content (AvgIpc) is 2.31. The highest BCUT2D eigenvalue weighted by Crippen LogP contribution is 2.23. The Hall–Kier alpha value is -1.07. The highest BCUT2D eigenvalue weighted by atomic mass is 79.9. The molecule has 17 heavy (non-hydrogen) atoms. The maximum Gasteiger partial charge on any atom is 0.337 e. The molecule has 92 valence electrons. The van der Waals surface area contributed by atoms with Crippen molar-refractivity contribution in [1.29, 1.82) is 0 Å². The van der Waals surface area contributed by atoms with Crippen LogP contribution in [0.15, 0.2) is 18.2 Å². The highest BCUT2D eigenvalue weighted by molar-refractivity contribution is 9.09. The second-order valence-electron chi connectivity index (χ2n) is 3.17. The molecular weight excluding hydrogens is 309 g/mol. The summed E-state index contributed by atoms with van der Waals surface area (Å²) in [5.74, 6) is -0.650. The number of hydrogen-bond acceptors (Lipinski definition) is 3. The fraction of sp³-hybridized carbons (Fsp3) is 0.273. The topological polar surface area (TPSA) is 55.4 Å². The predicted molar refractivity (Wildman–Crippen MR) is 69.8 cm³/mol. The van der Waals surface area contributed by atoms with E-state index in [1.54, 1.807) is 0 Å². The third-order valence-electron chi connectivity index (χ3n) is 1.98. The van der Waals surface area contributed by atoms with Crippen molar-refractivity contribution in [3.8, 4) is 0 Å². The van der Waals surface area contributed by atoms with Gasteiger partial charge in [0.2, 0.25) is 5.91 Å². The minimum absolute atomic E-state index is 0.175. The van der Waals surface area contributed by atoms with E-state index in [1.165, 1.54) is 25.3 Å². The second-order valence-corrected chi connectivity index (χ2v) is 4.37. The summed E-state index contributed by atoms with van der Waals surface area (Å²) < 4.78 is 4.58. The van der Waals surface area contributed by atoms with Gasteiger partial charge in [-0.1, -0.05) is 27.5 Å². The van der Waals surface area contributed by atoms with E-state index in [2.05, 4.69) is 26.0 Å². The van der Waals surface area contributed by atoms with Crippen LogP contribution in [0.2, 0.25) is 5.02 Å². The van der Waals surface area contributed by atoms with Gasteiger partial charge in [0.15, 0.2) is 0 Å². The molecule has 0 unspecified atom stereocenters. The van der Waals surface area contributed by atoms with E-state index in [0.29, 0.717) is 28.0 Å². The number of nitrogens with one attached hydrogen (secondary N) is 1. The molecule has 0 saturated heterocycles. The van der Waals surface area contributed by atoms with Gasteiger partial charge in [0.05, 0.1) is 23.4 Å². The number of ether oxygens (including phenoxy) is 1. The van der Waals surface area contributed by atoms with E-state index >= 15 is 0 Å². The van der Waals surface area contributed by atoms with Gasteiger partial charge in [-0.3, -0.25) is 4.79 Å². The zero-order valence-electron chi connectivity index (χ0n) is 9.13. The lowest BCUT2D eigenvalue weighted by atomic mass is 10.2. The molecule has 0 fully saturated rings. The first-order valence-corrected chi connectivity index (χ1v) is 6.32. The lowest BCUT2D eigenvalue weighted by molar-refractivity contribution is -0.115. The van der Waals surface area contributed by atoms with Gasteiger partial charge in [-0.15, -0.1) is 0 Å². The van der Waals surface area contributed by atoms with E-state index in [1.807, 2.05) is 0 Å². The van der Waals surface area contributed by atoms with E-state index in [0.717, 1.165) is 0 Å². The van der Waals surface area contributed by atoms with E-state index in [-0.39, 0.29) is 5.91 Å². The number of benzene rings is 1. The van der Waals surface area contributed by atoms with Crippen molar-refractivity contribution in [3.05, 3.63) is 28.8 Å². The smallest absolute Gasteiger partial charge is 0.337 e. The molecule has 0 aromatic heterocycles. The molecule has 0 saturated carbocycles. The van der Waals surface area contributed by atoms with E-state index < -0.39 is 5.97 Å². The largest absolute Gasteiger partial charge is 0.465 e. The summed E-state index contributed by atoms with van der Waals surface area (Å²) in [4.78, 5) is 22.7. The first kappa shape index (κ1) is 14.0. The minimum atomic E-state index is -0.474. The zero-order chi connectivity index (χ0) is 12.8. The summed E-state index contributed by atoms with van der Waals surface area (Å²) in [6.07, 6.45) is 0.332. The van der Waals surface area contributed by atoms with Crippen molar-refractivity contribution in [2.45, 2.75) is 6.42 Å². The number of halogens is 2. The molecule has 1 N–H and O–H groups in total. The number of anilines is 1. The zero-order valence-corrected chi connectivity index (χ0v) is 11.5. The van der Waals surface area contributed by atoms with Crippen LogP contribution >= 0.6 is 27.5 Å². The summed E-state index contributed by atoms with van der Waals surface area (Å²) in [6.45, 7) is 0. The van der Waals surface area contributed by atoms with Crippen LogP contribution in [0.3, 0.4) is 0 Å². The summed E-state index contributed by atoms with van der Waals surface area (Å²) in [5.41, 5.74) is 0.742. The first-order chi connectivity index (χ1) is 8.08. The van der Waals surface area contributed by atoms with Gasteiger partial charge >= 0.3 is 5.97 Å². The molecule has 0 atom stereocenters. The molecule has 0 aliphatic rings. The van der Waals surface area contributed by atoms with Crippen molar-refractivity contribution in [3.63, 3.8) is 0 Å². The molecule has 1 rings (SSSR count). The molecule has 0 bridgehead atoms. The monoisotopic (exact) mass is 319 g/mol. The van der Waals surface area contributed by atoms with Crippen LogP contribution in [0.5, 0.6) is 0 Å². The third-order valence-corrected chi connectivity index (χ3v) is 2.71. The Kier molecular flexibility index (Phi) is 5.44. The van der Waals surface area contributed by atoms with Crippen molar-refractivity contribution in [2.24, 2.45) is 0 Å². The number of hydrogen-bond donors (Lipinski definition) is 1. The summed E-state index contributed by atoms with van der Waals surface area (Å²) in [5, 5.41) is 3.56. The molecule has 1 aromatic carbocycles. The number of carbonyl (C=O) groups is 2. The standard InChI is InChI=1S/C11H11BrClNO3/c1-17-11(16)7-2-3-8(13)9(6-7)14-10(15)4-5-12/h2-3,6H,4-5H2,1H3,(H,14,15). The number of rotatable bonds is 4. The van der Waals surface area contributed by atoms with Crippen LogP contribution in [0.1, 0.15) is 16.8 Å². The van der Waals surface area contributed by atoms with Gasteiger partial charge in [-0.2, -0.15) is 0 Å². The number of methoxy groups -OCH3 is 1. The van der Waals surface area contributed by atoms with Crippen molar-refractivity contribution in [2.75, 3.05) is 17.8 Å². The Bertz CT molecular complexity index is 437. The molecule has 1 aromatic rings. The van der Waals surface area contributed by atoms with Crippen molar-refractivity contribution < 1.29 is 14.3 Å². The highest BCUT2D eigenvalue weighted by Gasteiger charge is 2.10. The summed E-state index contributed by atoms with van der Waals surface area (Å²) in [7, 11) is 1.29. The SMILES string of the molecule is COC(=O)c1ccc(Cl)c(NC(=O)CCBr)c1. The van der Waals surface area contributed by atoms with Gasteiger partial charge in [0.1, 0.15) is 0 Å². The molecule has 0 aliphatic carbocycles. The van der Waals surface area contributed by atoms with Crippen LogP contribution in [0, 0.1) is 0 Å². The van der Waals surface area contributed by atoms with Crippen molar-refractivity contribution >= 4 is 45.1 Å². The van der Waals surface area contributed by atoms with E-state index in [4.69, 9.17) is 11.6 Å².